The van der Waals surface area contributed by atoms with Crippen molar-refractivity contribution in [1.29, 1.82) is 0 Å². The highest BCUT2D eigenvalue weighted by atomic mass is 16.5. The van der Waals surface area contributed by atoms with Gasteiger partial charge in [-0.25, -0.2) is 0 Å². The highest BCUT2D eigenvalue weighted by Crippen LogP contribution is 2.30. The fourth-order valence-electron chi connectivity index (χ4n) is 2.07. The van der Waals surface area contributed by atoms with Crippen molar-refractivity contribution < 1.29 is 4.74 Å². The Labute approximate surface area is 111 Å². The quantitative estimate of drug-likeness (QED) is 0.790. The molecular formula is C16H25NO. The van der Waals surface area contributed by atoms with Crippen LogP contribution in [-0.2, 0) is 0 Å². The van der Waals surface area contributed by atoms with E-state index in [0.29, 0.717) is 6.04 Å². The molecule has 1 N–H and O–H groups in total. The van der Waals surface area contributed by atoms with Crippen LogP contribution in [0.5, 0.6) is 5.75 Å². The zero-order valence-corrected chi connectivity index (χ0v) is 11.8. The predicted molar refractivity (Wildman–Crippen MR) is 76.1 cm³/mol. The molecule has 18 heavy (non-hydrogen) atoms. The SMILES string of the molecule is CCCNC(C)c1ccc(OCC2CC2)c(C)c1. The summed E-state index contributed by atoms with van der Waals surface area (Å²) in [5.41, 5.74) is 2.60. The second kappa shape index (κ2) is 6.24. The lowest BCUT2D eigenvalue weighted by Crippen LogP contribution is -2.19. The minimum atomic E-state index is 0.418. The third-order valence-electron chi connectivity index (χ3n) is 3.57. The predicted octanol–water partition coefficient (Wildman–Crippen LogP) is 3.84. The number of ether oxygens (including phenoxy) is 1. The maximum Gasteiger partial charge on any atom is 0.122 e. The Kier molecular flexibility index (Phi) is 4.65. The van der Waals surface area contributed by atoms with E-state index in [-0.39, 0.29) is 0 Å². The van der Waals surface area contributed by atoms with Crippen LogP contribution >= 0.6 is 0 Å². The van der Waals surface area contributed by atoms with Gasteiger partial charge in [0.25, 0.3) is 0 Å². The van der Waals surface area contributed by atoms with Crippen molar-refractivity contribution in [1.82, 2.24) is 5.32 Å². The van der Waals surface area contributed by atoms with Crippen molar-refractivity contribution >= 4 is 0 Å². The van der Waals surface area contributed by atoms with Crippen LogP contribution in [0.3, 0.4) is 0 Å². The van der Waals surface area contributed by atoms with E-state index in [0.717, 1.165) is 24.8 Å². The molecule has 1 aliphatic rings. The number of benzene rings is 1. The molecule has 0 amide bonds. The van der Waals surface area contributed by atoms with Crippen molar-refractivity contribution in [3.63, 3.8) is 0 Å². The van der Waals surface area contributed by atoms with E-state index >= 15 is 0 Å². The molecule has 0 radical (unpaired) electrons. The Morgan fingerprint density at radius 1 is 1.39 bits per heavy atom. The van der Waals surface area contributed by atoms with E-state index < -0.39 is 0 Å². The van der Waals surface area contributed by atoms with Crippen molar-refractivity contribution in [2.45, 2.75) is 46.1 Å². The molecule has 0 saturated heterocycles. The van der Waals surface area contributed by atoms with Gasteiger partial charge in [0.2, 0.25) is 0 Å². The Bertz CT molecular complexity index is 385. The van der Waals surface area contributed by atoms with Gasteiger partial charge in [0.1, 0.15) is 5.75 Å². The van der Waals surface area contributed by atoms with E-state index in [1.54, 1.807) is 0 Å². The summed E-state index contributed by atoms with van der Waals surface area (Å²) in [6, 6.07) is 6.97. The molecule has 0 spiro atoms. The number of hydrogen-bond donors (Lipinski definition) is 1. The average molecular weight is 247 g/mol. The molecule has 0 bridgehead atoms. The molecule has 2 rings (SSSR count). The summed E-state index contributed by atoms with van der Waals surface area (Å²) < 4.78 is 5.86. The van der Waals surface area contributed by atoms with E-state index in [1.807, 2.05) is 0 Å². The van der Waals surface area contributed by atoms with Crippen LogP contribution in [0.1, 0.15) is 50.3 Å². The molecule has 1 atom stereocenters. The number of hydrogen-bond acceptors (Lipinski definition) is 2. The summed E-state index contributed by atoms with van der Waals surface area (Å²) in [7, 11) is 0. The van der Waals surface area contributed by atoms with Gasteiger partial charge < -0.3 is 10.1 Å². The summed E-state index contributed by atoms with van der Waals surface area (Å²) in [5.74, 6) is 1.86. The fourth-order valence-corrected chi connectivity index (χ4v) is 2.07. The zero-order valence-electron chi connectivity index (χ0n) is 11.8. The molecule has 1 aliphatic carbocycles. The Hall–Kier alpha value is -1.02. The normalized spacial score (nSPS) is 16.6. The van der Waals surface area contributed by atoms with E-state index in [1.165, 1.54) is 30.4 Å². The molecular weight excluding hydrogens is 222 g/mol. The number of rotatable bonds is 7. The fraction of sp³-hybridized carbons (Fsp3) is 0.625. The molecule has 2 nitrogen and oxygen atoms in total. The third-order valence-corrected chi connectivity index (χ3v) is 3.57. The molecule has 0 heterocycles. The van der Waals surface area contributed by atoms with Crippen molar-refractivity contribution in [2.24, 2.45) is 5.92 Å². The van der Waals surface area contributed by atoms with Gasteiger partial charge in [-0.3, -0.25) is 0 Å². The van der Waals surface area contributed by atoms with E-state index in [4.69, 9.17) is 4.74 Å². The summed E-state index contributed by atoms with van der Waals surface area (Å²) in [6.45, 7) is 8.51. The average Bonchev–Trinajstić information content (AvgIpc) is 3.18. The highest BCUT2D eigenvalue weighted by molar-refractivity contribution is 5.37. The topological polar surface area (TPSA) is 21.3 Å². The lowest BCUT2D eigenvalue weighted by Gasteiger charge is -2.16. The van der Waals surface area contributed by atoms with Gasteiger partial charge in [0.05, 0.1) is 6.61 Å². The van der Waals surface area contributed by atoms with E-state index in [2.05, 4.69) is 44.3 Å². The minimum Gasteiger partial charge on any atom is -0.493 e. The lowest BCUT2D eigenvalue weighted by molar-refractivity contribution is 0.297. The lowest BCUT2D eigenvalue weighted by atomic mass is 10.0. The van der Waals surface area contributed by atoms with Crippen LogP contribution in [0.2, 0.25) is 0 Å². The van der Waals surface area contributed by atoms with Gasteiger partial charge in [-0.05, 0) is 62.8 Å². The van der Waals surface area contributed by atoms with Crippen LogP contribution in [0.4, 0.5) is 0 Å². The second-order valence-electron chi connectivity index (χ2n) is 5.46. The summed E-state index contributed by atoms with van der Waals surface area (Å²) in [5, 5.41) is 3.51. The van der Waals surface area contributed by atoms with Gasteiger partial charge in [-0.1, -0.05) is 19.1 Å². The van der Waals surface area contributed by atoms with Crippen LogP contribution in [0.15, 0.2) is 18.2 Å². The van der Waals surface area contributed by atoms with Crippen LogP contribution < -0.4 is 10.1 Å². The molecule has 0 aliphatic heterocycles. The van der Waals surface area contributed by atoms with Gasteiger partial charge >= 0.3 is 0 Å². The van der Waals surface area contributed by atoms with Crippen molar-refractivity contribution in [2.75, 3.05) is 13.2 Å². The Balaban J connectivity index is 1.94. The largest absolute Gasteiger partial charge is 0.493 e. The molecule has 2 heteroatoms. The second-order valence-corrected chi connectivity index (χ2v) is 5.46. The molecule has 1 aromatic rings. The molecule has 1 unspecified atom stereocenters. The first-order valence-corrected chi connectivity index (χ1v) is 7.17. The molecule has 0 aromatic heterocycles. The van der Waals surface area contributed by atoms with Crippen molar-refractivity contribution in [3.8, 4) is 5.75 Å². The first-order valence-electron chi connectivity index (χ1n) is 7.17. The molecule has 1 fully saturated rings. The first kappa shape index (κ1) is 13.4. The van der Waals surface area contributed by atoms with Crippen molar-refractivity contribution in [3.05, 3.63) is 29.3 Å². The number of aryl methyl sites for hydroxylation is 1. The smallest absolute Gasteiger partial charge is 0.122 e. The summed E-state index contributed by atoms with van der Waals surface area (Å²) >= 11 is 0. The molecule has 1 aromatic carbocycles. The summed E-state index contributed by atoms with van der Waals surface area (Å²) in [6.07, 6.45) is 3.86. The van der Waals surface area contributed by atoms with Gasteiger partial charge in [-0.15, -0.1) is 0 Å². The minimum absolute atomic E-state index is 0.418. The maximum atomic E-state index is 5.86. The zero-order chi connectivity index (χ0) is 13.0. The first-order chi connectivity index (χ1) is 8.70. The van der Waals surface area contributed by atoms with Crippen LogP contribution in [-0.4, -0.2) is 13.2 Å². The molecule has 1 saturated carbocycles. The number of nitrogens with one attached hydrogen (secondary N) is 1. The standard InChI is InChI=1S/C16H25NO/c1-4-9-17-13(3)15-7-8-16(12(2)10-15)18-11-14-5-6-14/h7-8,10,13-14,17H,4-6,9,11H2,1-3H3. The highest BCUT2D eigenvalue weighted by Gasteiger charge is 2.22. The van der Waals surface area contributed by atoms with E-state index in [9.17, 15) is 0 Å². The monoisotopic (exact) mass is 247 g/mol. The van der Waals surface area contributed by atoms with Crippen LogP contribution in [0.25, 0.3) is 0 Å². The van der Waals surface area contributed by atoms with Gasteiger partial charge in [-0.2, -0.15) is 0 Å². The molecule has 100 valence electrons. The Morgan fingerprint density at radius 3 is 2.78 bits per heavy atom. The maximum absolute atomic E-state index is 5.86. The van der Waals surface area contributed by atoms with Gasteiger partial charge in [0, 0.05) is 6.04 Å². The van der Waals surface area contributed by atoms with Gasteiger partial charge in [0.15, 0.2) is 0 Å². The van der Waals surface area contributed by atoms with Crippen LogP contribution in [0, 0.1) is 12.8 Å². The summed E-state index contributed by atoms with van der Waals surface area (Å²) in [4.78, 5) is 0. The third kappa shape index (κ3) is 3.74. The Morgan fingerprint density at radius 2 is 2.17 bits per heavy atom.